The molecular weight excluding hydrogens is 252 g/mol. The van der Waals surface area contributed by atoms with Gasteiger partial charge in [0.15, 0.2) is 4.77 Å². The Kier molecular flexibility index (Phi) is 2.55. The van der Waals surface area contributed by atoms with Crippen LogP contribution in [0.3, 0.4) is 0 Å². The molecule has 1 aromatic rings. The van der Waals surface area contributed by atoms with Crippen molar-refractivity contribution >= 4 is 12.2 Å². The van der Waals surface area contributed by atoms with Gasteiger partial charge >= 0.3 is 0 Å². The number of aromatic amines is 1. The lowest BCUT2D eigenvalue weighted by atomic mass is 9.48. The standard InChI is InChI=1S/C16H24N2S/c1-10-9-17-15(19)18(10)11(2)16-6-12-3-13(7-16)5-14(4-12)8-16/h9,11-14H,3-8H2,1-2H3,(H,17,19). The van der Waals surface area contributed by atoms with Crippen molar-refractivity contribution in [2.75, 3.05) is 0 Å². The predicted molar refractivity (Wildman–Crippen MR) is 79.7 cm³/mol. The molecule has 0 spiro atoms. The van der Waals surface area contributed by atoms with Gasteiger partial charge in [0.25, 0.3) is 0 Å². The number of nitrogens with zero attached hydrogens (tertiary/aromatic N) is 1. The monoisotopic (exact) mass is 276 g/mol. The fourth-order valence-electron chi connectivity index (χ4n) is 5.91. The minimum Gasteiger partial charge on any atom is -0.337 e. The first-order valence-corrected chi connectivity index (χ1v) is 8.25. The van der Waals surface area contributed by atoms with Crippen LogP contribution in [0.4, 0.5) is 0 Å². The lowest BCUT2D eigenvalue weighted by molar-refractivity contribution is -0.0793. The number of hydrogen-bond acceptors (Lipinski definition) is 1. The van der Waals surface area contributed by atoms with E-state index >= 15 is 0 Å². The number of imidazole rings is 1. The second kappa shape index (κ2) is 3.97. The third-order valence-electron chi connectivity index (χ3n) is 6.36. The molecule has 0 radical (unpaired) electrons. The van der Waals surface area contributed by atoms with Crippen molar-refractivity contribution < 1.29 is 0 Å². The maximum absolute atomic E-state index is 5.51. The normalized spacial score (nSPS) is 41.7. The summed E-state index contributed by atoms with van der Waals surface area (Å²) in [4.78, 5) is 3.23. The van der Waals surface area contributed by atoms with Gasteiger partial charge in [0, 0.05) is 17.9 Å². The average Bonchev–Trinajstić information content (AvgIpc) is 2.66. The summed E-state index contributed by atoms with van der Waals surface area (Å²) in [6.45, 7) is 4.60. The first-order chi connectivity index (χ1) is 9.07. The summed E-state index contributed by atoms with van der Waals surface area (Å²) >= 11 is 5.51. The maximum Gasteiger partial charge on any atom is 0.177 e. The first-order valence-electron chi connectivity index (χ1n) is 7.84. The zero-order chi connectivity index (χ0) is 13.2. The van der Waals surface area contributed by atoms with Gasteiger partial charge in [0.1, 0.15) is 0 Å². The number of H-pyrrole nitrogens is 1. The van der Waals surface area contributed by atoms with Crippen molar-refractivity contribution in [2.45, 2.75) is 58.4 Å². The Morgan fingerprint density at radius 1 is 1.21 bits per heavy atom. The lowest BCUT2D eigenvalue weighted by Crippen LogP contribution is -2.49. The molecule has 4 saturated carbocycles. The highest BCUT2D eigenvalue weighted by molar-refractivity contribution is 7.71. The minimum absolute atomic E-state index is 0.542. The topological polar surface area (TPSA) is 20.7 Å². The number of aryl methyl sites for hydroxylation is 1. The Hall–Kier alpha value is -0.570. The Bertz CT molecular complexity index is 518. The summed E-state index contributed by atoms with van der Waals surface area (Å²) in [5, 5.41) is 0. The summed E-state index contributed by atoms with van der Waals surface area (Å²) in [6, 6.07) is 0.569. The van der Waals surface area contributed by atoms with Gasteiger partial charge in [-0.3, -0.25) is 0 Å². The van der Waals surface area contributed by atoms with E-state index in [9.17, 15) is 0 Å². The van der Waals surface area contributed by atoms with E-state index in [0.717, 1.165) is 22.5 Å². The summed E-state index contributed by atoms with van der Waals surface area (Å²) < 4.78 is 3.31. The molecule has 0 saturated heterocycles. The van der Waals surface area contributed by atoms with Gasteiger partial charge in [-0.1, -0.05) is 0 Å². The molecule has 1 atom stereocenters. The summed E-state index contributed by atoms with van der Waals surface area (Å²) in [5.74, 6) is 3.05. The van der Waals surface area contributed by atoms with Crippen molar-refractivity contribution in [3.8, 4) is 0 Å². The summed E-state index contributed by atoms with van der Waals surface area (Å²) in [7, 11) is 0. The van der Waals surface area contributed by atoms with E-state index in [4.69, 9.17) is 12.2 Å². The minimum atomic E-state index is 0.542. The van der Waals surface area contributed by atoms with E-state index in [2.05, 4.69) is 29.6 Å². The van der Waals surface area contributed by atoms with Gasteiger partial charge in [0.05, 0.1) is 0 Å². The van der Waals surface area contributed by atoms with E-state index in [1.165, 1.54) is 44.2 Å². The molecule has 4 bridgehead atoms. The van der Waals surface area contributed by atoms with Gasteiger partial charge in [0.2, 0.25) is 0 Å². The molecule has 0 amide bonds. The van der Waals surface area contributed by atoms with Gasteiger partial charge in [-0.15, -0.1) is 0 Å². The second-order valence-corrected chi connectivity index (χ2v) is 7.95. The molecular formula is C16H24N2S. The molecule has 1 heterocycles. The van der Waals surface area contributed by atoms with Crippen LogP contribution in [0.15, 0.2) is 6.20 Å². The maximum atomic E-state index is 5.51. The Balaban J connectivity index is 1.74. The molecule has 3 heteroatoms. The van der Waals surface area contributed by atoms with Crippen LogP contribution in [0.5, 0.6) is 0 Å². The molecule has 2 nitrogen and oxygen atoms in total. The largest absolute Gasteiger partial charge is 0.337 e. The molecule has 5 rings (SSSR count). The third-order valence-corrected chi connectivity index (χ3v) is 6.68. The SMILES string of the molecule is Cc1c[nH]c(=S)n1C(C)C12CC3CC(CC(C3)C1)C2. The van der Waals surface area contributed by atoms with E-state index in [1.807, 2.05) is 0 Å². The van der Waals surface area contributed by atoms with Gasteiger partial charge in [-0.25, -0.2) is 0 Å². The summed E-state index contributed by atoms with van der Waals surface area (Å²) in [6.07, 6.45) is 11.0. The molecule has 0 aromatic carbocycles. The van der Waals surface area contributed by atoms with Crippen LogP contribution >= 0.6 is 12.2 Å². The number of nitrogens with one attached hydrogen (secondary N) is 1. The molecule has 1 N–H and O–H groups in total. The lowest BCUT2D eigenvalue weighted by Gasteiger charge is -2.59. The van der Waals surface area contributed by atoms with Crippen molar-refractivity contribution in [1.29, 1.82) is 0 Å². The van der Waals surface area contributed by atoms with Crippen LogP contribution < -0.4 is 0 Å². The van der Waals surface area contributed by atoms with Crippen LogP contribution in [0, 0.1) is 34.9 Å². The summed E-state index contributed by atoms with van der Waals surface area (Å²) in [5.41, 5.74) is 1.84. The number of rotatable bonds is 2. The van der Waals surface area contributed by atoms with E-state index in [1.54, 1.807) is 0 Å². The van der Waals surface area contributed by atoms with Crippen molar-refractivity contribution in [2.24, 2.45) is 23.2 Å². The van der Waals surface area contributed by atoms with Gasteiger partial charge in [-0.05, 0) is 87.8 Å². The number of aromatic nitrogens is 2. The average molecular weight is 276 g/mol. The van der Waals surface area contributed by atoms with E-state index in [-0.39, 0.29) is 0 Å². The smallest absolute Gasteiger partial charge is 0.177 e. The molecule has 1 aromatic heterocycles. The van der Waals surface area contributed by atoms with Crippen LogP contribution in [0.25, 0.3) is 0 Å². The highest BCUT2D eigenvalue weighted by Gasteiger charge is 2.53. The quantitative estimate of drug-likeness (QED) is 0.781. The molecule has 1 unspecified atom stereocenters. The third kappa shape index (κ3) is 1.70. The highest BCUT2D eigenvalue weighted by atomic mass is 32.1. The Morgan fingerprint density at radius 3 is 2.16 bits per heavy atom. The van der Waals surface area contributed by atoms with Crippen molar-refractivity contribution in [1.82, 2.24) is 9.55 Å². The van der Waals surface area contributed by atoms with Crippen LogP contribution in [-0.2, 0) is 0 Å². The molecule has 104 valence electrons. The molecule has 4 aliphatic carbocycles. The molecule has 0 aliphatic heterocycles. The van der Waals surface area contributed by atoms with Gasteiger partial charge in [-0.2, -0.15) is 0 Å². The predicted octanol–water partition coefficient (Wildman–Crippen LogP) is 4.63. The van der Waals surface area contributed by atoms with Crippen molar-refractivity contribution in [3.63, 3.8) is 0 Å². The Labute approximate surface area is 120 Å². The fraction of sp³-hybridized carbons (Fsp3) is 0.812. The zero-order valence-corrected chi connectivity index (χ0v) is 12.8. The number of hydrogen-bond donors (Lipinski definition) is 1. The molecule has 19 heavy (non-hydrogen) atoms. The second-order valence-electron chi connectivity index (χ2n) is 7.56. The molecule has 4 aliphatic rings. The zero-order valence-electron chi connectivity index (χ0n) is 12.0. The van der Waals surface area contributed by atoms with Gasteiger partial charge < -0.3 is 9.55 Å². The highest BCUT2D eigenvalue weighted by Crippen LogP contribution is 2.63. The Morgan fingerprint density at radius 2 is 1.74 bits per heavy atom. The van der Waals surface area contributed by atoms with Crippen LogP contribution in [-0.4, -0.2) is 9.55 Å². The van der Waals surface area contributed by atoms with Crippen LogP contribution in [0.2, 0.25) is 0 Å². The molecule has 4 fully saturated rings. The van der Waals surface area contributed by atoms with E-state index in [0.29, 0.717) is 11.5 Å². The van der Waals surface area contributed by atoms with Crippen LogP contribution in [0.1, 0.15) is 57.2 Å². The fourth-order valence-corrected chi connectivity index (χ4v) is 6.27. The first kappa shape index (κ1) is 12.2. The van der Waals surface area contributed by atoms with Crippen molar-refractivity contribution in [3.05, 3.63) is 16.7 Å². The van der Waals surface area contributed by atoms with E-state index < -0.39 is 0 Å².